The van der Waals surface area contributed by atoms with E-state index in [1.807, 2.05) is 4.90 Å². The number of benzene rings is 1. The van der Waals surface area contributed by atoms with E-state index in [2.05, 4.69) is 37.0 Å². The summed E-state index contributed by atoms with van der Waals surface area (Å²) in [6.07, 6.45) is 2.73. The van der Waals surface area contributed by atoms with Gasteiger partial charge in [-0.15, -0.1) is 0 Å². The molecule has 1 amide bonds. The number of carbonyl (C=O) groups is 1. The molecule has 120 valence electrons. The van der Waals surface area contributed by atoms with Gasteiger partial charge in [-0.25, -0.2) is 4.39 Å². The van der Waals surface area contributed by atoms with Crippen molar-refractivity contribution in [3.63, 3.8) is 0 Å². The maximum Gasteiger partial charge on any atom is 0.242 e. The van der Waals surface area contributed by atoms with E-state index in [9.17, 15) is 9.18 Å². The van der Waals surface area contributed by atoms with Crippen LogP contribution in [0.2, 0.25) is 0 Å². The molecule has 0 aliphatic carbocycles. The number of aryl methyl sites for hydroxylation is 2. The number of aromatic nitrogens is 1. The van der Waals surface area contributed by atoms with Crippen molar-refractivity contribution in [3.8, 4) is 0 Å². The Labute approximate surface area is 135 Å². The van der Waals surface area contributed by atoms with Crippen LogP contribution < -0.4 is 4.90 Å². The predicted molar refractivity (Wildman–Crippen MR) is 87.7 cm³/mol. The second-order valence-corrected chi connectivity index (χ2v) is 6.06. The summed E-state index contributed by atoms with van der Waals surface area (Å²) in [5.74, 6) is -0.366. The Morgan fingerprint density at radius 1 is 1.17 bits per heavy atom. The number of piperazine rings is 1. The van der Waals surface area contributed by atoms with E-state index < -0.39 is 0 Å². The standard InChI is InChI=1S/C18H20FN3O/c1-13-7-14(2)9-15(8-13)11-22-6-5-21(12-18(22)23)17-3-4-20-10-16(17)19/h3-4,7-10H,5-6,11-12H2,1-2H3. The minimum Gasteiger partial charge on any atom is -0.358 e. The minimum atomic E-state index is -0.386. The Hall–Kier alpha value is -2.43. The molecule has 0 bridgehead atoms. The van der Waals surface area contributed by atoms with Crippen LogP contribution in [0.4, 0.5) is 10.1 Å². The van der Waals surface area contributed by atoms with Crippen LogP contribution in [-0.4, -0.2) is 35.4 Å². The highest BCUT2D eigenvalue weighted by Gasteiger charge is 2.25. The molecule has 2 aromatic rings. The van der Waals surface area contributed by atoms with Gasteiger partial charge in [0.1, 0.15) is 0 Å². The summed E-state index contributed by atoms with van der Waals surface area (Å²) < 4.78 is 13.8. The van der Waals surface area contributed by atoms with Crippen LogP contribution in [0.25, 0.3) is 0 Å². The van der Waals surface area contributed by atoms with Gasteiger partial charge in [0.15, 0.2) is 5.82 Å². The summed E-state index contributed by atoms with van der Waals surface area (Å²) in [4.78, 5) is 19.8. The van der Waals surface area contributed by atoms with Crippen molar-refractivity contribution in [1.82, 2.24) is 9.88 Å². The highest BCUT2D eigenvalue weighted by atomic mass is 19.1. The molecular formula is C18H20FN3O. The van der Waals surface area contributed by atoms with Crippen molar-refractivity contribution in [2.24, 2.45) is 0 Å². The molecule has 5 heteroatoms. The maximum absolute atomic E-state index is 13.8. The molecule has 4 nitrogen and oxygen atoms in total. The molecule has 0 unspecified atom stereocenters. The van der Waals surface area contributed by atoms with Crippen LogP contribution in [0.15, 0.2) is 36.7 Å². The Balaban J connectivity index is 1.69. The molecule has 0 radical (unpaired) electrons. The van der Waals surface area contributed by atoms with Crippen LogP contribution in [0.5, 0.6) is 0 Å². The van der Waals surface area contributed by atoms with Crippen molar-refractivity contribution in [2.75, 3.05) is 24.5 Å². The first kappa shape index (κ1) is 15.5. The summed E-state index contributed by atoms with van der Waals surface area (Å²) in [5.41, 5.74) is 3.98. The Morgan fingerprint density at radius 2 is 1.91 bits per heavy atom. The summed E-state index contributed by atoms with van der Waals surface area (Å²) in [6.45, 7) is 6.13. The predicted octanol–water partition coefficient (Wildman–Crippen LogP) is 2.69. The second kappa shape index (κ2) is 6.36. The third kappa shape index (κ3) is 3.50. The maximum atomic E-state index is 13.8. The third-order valence-corrected chi connectivity index (χ3v) is 4.07. The molecule has 1 saturated heterocycles. The van der Waals surface area contributed by atoms with Crippen molar-refractivity contribution in [2.45, 2.75) is 20.4 Å². The van der Waals surface area contributed by atoms with Crippen molar-refractivity contribution < 1.29 is 9.18 Å². The highest BCUT2D eigenvalue weighted by Crippen LogP contribution is 2.21. The lowest BCUT2D eigenvalue weighted by Gasteiger charge is -2.35. The van der Waals surface area contributed by atoms with E-state index in [1.54, 1.807) is 17.2 Å². The van der Waals surface area contributed by atoms with Crippen molar-refractivity contribution in [1.29, 1.82) is 0 Å². The number of carbonyl (C=O) groups excluding carboxylic acids is 1. The molecule has 3 rings (SSSR count). The van der Waals surface area contributed by atoms with Crippen molar-refractivity contribution >= 4 is 11.6 Å². The Morgan fingerprint density at radius 3 is 2.57 bits per heavy atom. The molecule has 2 heterocycles. The zero-order valence-corrected chi connectivity index (χ0v) is 13.4. The van der Waals surface area contributed by atoms with E-state index in [4.69, 9.17) is 0 Å². The number of anilines is 1. The Bertz CT molecular complexity index is 712. The van der Waals surface area contributed by atoms with Gasteiger partial charge in [-0.2, -0.15) is 0 Å². The number of pyridine rings is 1. The van der Waals surface area contributed by atoms with Gasteiger partial charge in [0.05, 0.1) is 18.4 Å². The van der Waals surface area contributed by atoms with Gasteiger partial charge in [-0.1, -0.05) is 29.3 Å². The molecule has 1 aromatic carbocycles. The van der Waals surface area contributed by atoms with E-state index in [0.717, 1.165) is 5.56 Å². The molecule has 0 spiro atoms. The molecule has 23 heavy (non-hydrogen) atoms. The molecule has 1 aliphatic heterocycles. The van der Waals surface area contributed by atoms with E-state index >= 15 is 0 Å². The largest absolute Gasteiger partial charge is 0.358 e. The molecule has 1 aromatic heterocycles. The average Bonchev–Trinajstić information content (AvgIpc) is 2.49. The molecule has 1 aliphatic rings. The average molecular weight is 313 g/mol. The summed E-state index contributed by atoms with van der Waals surface area (Å²) in [7, 11) is 0. The van der Waals surface area contributed by atoms with Gasteiger partial charge in [0.2, 0.25) is 5.91 Å². The van der Waals surface area contributed by atoms with Crippen molar-refractivity contribution in [3.05, 3.63) is 59.2 Å². The molecule has 0 saturated carbocycles. The van der Waals surface area contributed by atoms with Gasteiger partial charge in [0.25, 0.3) is 0 Å². The topological polar surface area (TPSA) is 36.4 Å². The SMILES string of the molecule is Cc1cc(C)cc(CN2CCN(c3ccncc3F)CC2=O)c1. The van der Waals surface area contributed by atoms with Gasteiger partial charge >= 0.3 is 0 Å². The number of amides is 1. The summed E-state index contributed by atoms with van der Waals surface area (Å²) in [6, 6.07) is 7.95. The van der Waals surface area contributed by atoms with Gasteiger partial charge in [-0.3, -0.25) is 9.78 Å². The normalized spacial score (nSPS) is 15.2. The summed E-state index contributed by atoms with van der Waals surface area (Å²) >= 11 is 0. The number of nitrogens with zero attached hydrogens (tertiary/aromatic N) is 3. The lowest BCUT2D eigenvalue weighted by Crippen LogP contribution is -2.50. The molecule has 1 fully saturated rings. The number of rotatable bonds is 3. The van der Waals surface area contributed by atoms with Gasteiger partial charge < -0.3 is 9.80 Å². The highest BCUT2D eigenvalue weighted by molar-refractivity contribution is 5.82. The van der Waals surface area contributed by atoms with Crippen LogP contribution in [-0.2, 0) is 11.3 Å². The fourth-order valence-electron chi connectivity index (χ4n) is 3.09. The number of hydrogen-bond acceptors (Lipinski definition) is 3. The van der Waals surface area contributed by atoms with Crippen LogP contribution in [0, 0.1) is 19.7 Å². The van der Waals surface area contributed by atoms with E-state index in [0.29, 0.717) is 25.3 Å². The monoisotopic (exact) mass is 313 g/mol. The molecule has 0 atom stereocenters. The lowest BCUT2D eigenvalue weighted by atomic mass is 10.1. The van der Waals surface area contributed by atoms with Gasteiger partial charge in [-0.05, 0) is 25.5 Å². The number of halogens is 1. The fraction of sp³-hybridized carbons (Fsp3) is 0.333. The molecular weight excluding hydrogens is 293 g/mol. The first-order chi connectivity index (χ1) is 11.0. The number of hydrogen-bond donors (Lipinski definition) is 0. The zero-order chi connectivity index (χ0) is 16.4. The minimum absolute atomic E-state index is 0.0200. The molecule has 0 N–H and O–H groups in total. The van der Waals surface area contributed by atoms with Crippen LogP contribution in [0.1, 0.15) is 16.7 Å². The quantitative estimate of drug-likeness (QED) is 0.874. The first-order valence-electron chi connectivity index (χ1n) is 7.72. The lowest BCUT2D eigenvalue weighted by molar-refractivity contribution is -0.131. The first-order valence-corrected chi connectivity index (χ1v) is 7.72. The second-order valence-electron chi connectivity index (χ2n) is 6.06. The zero-order valence-electron chi connectivity index (χ0n) is 13.4. The Kier molecular flexibility index (Phi) is 4.28. The van der Waals surface area contributed by atoms with Crippen LogP contribution >= 0.6 is 0 Å². The van der Waals surface area contributed by atoms with E-state index in [1.165, 1.54) is 17.3 Å². The van der Waals surface area contributed by atoms with Gasteiger partial charge in [0, 0.05) is 25.8 Å². The van der Waals surface area contributed by atoms with E-state index in [-0.39, 0.29) is 18.3 Å². The third-order valence-electron chi connectivity index (χ3n) is 4.07. The summed E-state index contributed by atoms with van der Waals surface area (Å²) in [5, 5.41) is 0. The fourth-order valence-corrected chi connectivity index (χ4v) is 3.09. The van der Waals surface area contributed by atoms with Crippen LogP contribution in [0.3, 0.4) is 0 Å². The smallest absolute Gasteiger partial charge is 0.242 e.